The zero-order valence-corrected chi connectivity index (χ0v) is 31.6. The van der Waals surface area contributed by atoms with Crippen LogP contribution in [0.4, 0.5) is 14.3 Å². The highest BCUT2D eigenvalue weighted by Crippen LogP contribution is 2.46. The molecule has 0 spiro atoms. The number of allylic oxidation sites excluding steroid dienone is 1. The molecule has 0 bridgehead atoms. The zero-order chi connectivity index (χ0) is 38.3. The van der Waals surface area contributed by atoms with Crippen LogP contribution in [0.25, 0.3) is 11.3 Å². The first-order chi connectivity index (χ1) is 26.5. The van der Waals surface area contributed by atoms with Crippen molar-refractivity contribution in [3.8, 4) is 11.3 Å². The van der Waals surface area contributed by atoms with E-state index in [1.165, 1.54) is 27.2 Å². The van der Waals surface area contributed by atoms with Gasteiger partial charge in [0, 0.05) is 47.8 Å². The van der Waals surface area contributed by atoms with E-state index in [0.29, 0.717) is 54.1 Å². The molecule has 14 nitrogen and oxygen atoms in total. The molecule has 3 N–H and O–H groups in total. The number of hydrogen-bond acceptors (Lipinski definition) is 11. The molecule has 3 aliphatic heterocycles. The number of nitrogens with one attached hydrogen (secondary N) is 3. The summed E-state index contributed by atoms with van der Waals surface area (Å²) in [6, 6.07) is 6.44. The molecule has 0 unspecified atom stereocenters. The fourth-order valence-corrected chi connectivity index (χ4v) is 9.85. The monoisotopic (exact) mass is 791 g/mol. The van der Waals surface area contributed by atoms with Gasteiger partial charge in [-0.05, 0) is 62.3 Å². The Bertz CT molecular complexity index is 2130. The van der Waals surface area contributed by atoms with Crippen LogP contribution in [0.5, 0.6) is 0 Å². The lowest BCUT2D eigenvalue weighted by Crippen LogP contribution is -2.57. The quantitative estimate of drug-likeness (QED) is 0.293. The predicted molar refractivity (Wildman–Crippen MR) is 200 cm³/mol. The van der Waals surface area contributed by atoms with Crippen molar-refractivity contribution < 1.29 is 36.7 Å². The van der Waals surface area contributed by atoms with Gasteiger partial charge in [0.05, 0.1) is 24.0 Å². The van der Waals surface area contributed by atoms with Gasteiger partial charge in [-0.2, -0.15) is 0 Å². The summed E-state index contributed by atoms with van der Waals surface area (Å²) in [5.74, 6) is -2.72. The number of aromatic nitrogens is 2. The van der Waals surface area contributed by atoms with E-state index in [1.807, 2.05) is 29.7 Å². The Balaban J connectivity index is 1.06. The second-order valence-electron chi connectivity index (χ2n) is 15.0. The van der Waals surface area contributed by atoms with Crippen LogP contribution in [0.15, 0.2) is 60.3 Å². The predicted octanol–water partition coefficient (Wildman–Crippen LogP) is 4.25. The molecule has 5 aliphatic rings. The SMILES string of the molecule is O=C1N[C@@]2(C(=O)NS(=O)(=O)C3CC3)C[C@@H]2/C=C\CCCCC[C@H](Nc2nc(-c3cccnc3)cs2)C(=O)N2C[C@H](OC(=O)N3Cc4cccc(F)c4C3)C[C@@H]12. The van der Waals surface area contributed by atoms with Crippen LogP contribution in [-0.2, 0) is 42.2 Å². The van der Waals surface area contributed by atoms with Crippen molar-refractivity contribution in [2.75, 3.05) is 11.9 Å². The highest BCUT2D eigenvalue weighted by atomic mass is 32.2. The number of ether oxygens (including phenoxy) is 1. The van der Waals surface area contributed by atoms with E-state index < -0.39 is 74.5 Å². The second kappa shape index (κ2) is 15.0. The minimum absolute atomic E-state index is 0.0251. The number of sulfonamides is 1. The maximum Gasteiger partial charge on any atom is 0.410 e. The van der Waals surface area contributed by atoms with Crippen molar-refractivity contribution in [1.29, 1.82) is 0 Å². The lowest BCUT2D eigenvalue weighted by atomic mass is 10.1. The molecule has 5 heterocycles. The minimum atomic E-state index is -3.90. The Morgan fingerprint density at radius 1 is 1.07 bits per heavy atom. The van der Waals surface area contributed by atoms with Crippen LogP contribution in [-0.4, -0.2) is 87.5 Å². The van der Waals surface area contributed by atoms with Crippen LogP contribution in [0, 0.1) is 11.7 Å². The van der Waals surface area contributed by atoms with Gasteiger partial charge in [-0.25, -0.2) is 22.6 Å². The van der Waals surface area contributed by atoms with Crippen molar-refractivity contribution in [3.05, 3.63) is 77.2 Å². The van der Waals surface area contributed by atoms with E-state index >= 15 is 0 Å². The average Bonchev–Trinajstić information content (AvgIpc) is 3.97. The van der Waals surface area contributed by atoms with Crippen molar-refractivity contribution in [2.24, 2.45) is 5.92 Å². The molecule has 8 rings (SSSR count). The smallest absolute Gasteiger partial charge is 0.410 e. The topological polar surface area (TPSA) is 180 Å². The van der Waals surface area contributed by atoms with Crippen LogP contribution >= 0.6 is 11.3 Å². The van der Waals surface area contributed by atoms with Gasteiger partial charge < -0.3 is 20.3 Å². The maximum atomic E-state index is 14.6. The number of carbonyl (C=O) groups is 4. The van der Waals surface area contributed by atoms with Gasteiger partial charge in [-0.15, -0.1) is 11.3 Å². The van der Waals surface area contributed by atoms with E-state index in [-0.39, 0.29) is 32.5 Å². The largest absolute Gasteiger partial charge is 0.444 e. The van der Waals surface area contributed by atoms with Crippen molar-refractivity contribution in [3.63, 3.8) is 0 Å². The molecule has 3 fully saturated rings. The summed E-state index contributed by atoms with van der Waals surface area (Å²) in [7, 11) is -3.90. The van der Waals surface area contributed by atoms with E-state index in [9.17, 15) is 32.0 Å². The second-order valence-corrected chi connectivity index (χ2v) is 17.8. The molecule has 2 aromatic heterocycles. The zero-order valence-electron chi connectivity index (χ0n) is 30.0. The maximum absolute atomic E-state index is 14.6. The Morgan fingerprint density at radius 3 is 2.71 bits per heavy atom. The van der Waals surface area contributed by atoms with Gasteiger partial charge in [0.15, 0.2) is 5.13 Å². The lowest BCUT2D eigenvalue weighted by molar-refractivity contribution is -0.140. The number of rotatable bonds is 7. The molecule has 1 aromatic carbocycles. The summed E-state index contributed by atoms with van der Waals surface area (Å²) < 4.78 is 48.2. The molecule has 1 saturated heterocycles. The number of nitrogens with zero attached hydrogens (tertiary/aromatic N) is 4. The minimum Gasteiger partial charge on any atom is -0.444 e. The Hall–Kier alpha value is -4.90. The van der Waals surface area contributed by atoms with Gasteiger partial charge in [0.2, 0.25) is 21.8 Å². The molecule has 0 radical (unpaired) electrons. The van der Waals surface area contributed by atoms with Crippen molar-refractivity contribution >= 4 is 50.3 Å². The normalized spacial score (nSPS) is 27.4. The number of anilines is 1. The fraction of sp³-hybridized carbons (Fsp3) is 0.474. The summed E-state index contributed by atoms with van der Waals surface area (Å²) >= 11 is 1.34. The number of amides is 4. The number of fused-ring (bicyclic) bond motifs is 3. The molecule has 3 aromatic rings. The number of thiazole rings is 1. The van der Waals surface area contributed by atoms with Crippen molar-refractivity contribution in [1.82, 2.24) is 29.8 Å². The summed E-state index contributed by atoms with van der Waals surface area (Å²) in [5, 5.41) is 7.90. The Kier molecular flexibility index (Phi) is 10.1. The number of halogens is 1. The standard InChI is InChI=1S/C38H42FN7O7S2/c39-29-11-6-8-24-19-45(21-28(24)29)37(50)53-26-16-32-33(47)43-38(35(49)44-55(51,52)27-13-14-27)17-25(38)10-4-2-1-3-5-12-30(34(48)46(32)20-26)41-36-42-31(22-54-36)23-9-7-15-40-18-23/h4,6-11,15,18,22,25-27,30,32H,1-3,5,12-14,16-17,19-21H2,(H,41,42)(H,43,47)(H,44,49)/b10-4-/t25-,26+,30-,32-,38-/m0/s1. The van der Waals surface area contributed by atoms with E-state index in [0.717, 1.165) is 18.4 Å². The van der Waals surface area contributed by atoms with Gasteiger partial charge >= 0.3 is 6.09 Å². The summed E-state index contributed by atoms with van der Waals surface area (Å²) in [4.78, 5) is 67.8. The first-order valence-corrected chi connectivity index (χ1v) is 21.1. The van der Waals surface area contributed by atoms with Gasteiger partial charge in [0.1, 0.15) is 29.5 Å². The molecule has 5 atom stereocenters. The van der Waals surface area contributed by atoms with E-state index in [4.69, 9.17) is 9.72 Å². The number of hydrogen-bond donors (Lipinski definition) is 3. The molecule has 2 aliphatic carbocycles. The van der Waals surface area contributed by atoms with Crippen LogP contribution in [0.1, 0.15) is 68.9 Å². The van der Waals surface area contributed by atoms with Gasteiger partial charge in [-0.3, -0.25) is 29.0 Å². The van der Waals surface area contributed by atoms with Crippen LogP contribution in [0.2, 0.25) is 0 Å². The summed E-state index contributed by atoms with van der Waals surface area (Å²) in [6.45, 7) is 0.0764. The number of benzene rings is 1. The third-order valence-corrected chi connectivity index (χ3v) is 13.6. The first-order valence-electron chi connectivity index (χ1n) is 18.7. The molecular formula is C38H42FN7O7S2. The van der Waals surface area contributed by atoms with E-state index in [1.54, 1.807) is 24.5 Å². The van der Waals surface area contributed by atoms with Gasteiger partial charge in [-0.1, -0.05) is 37.1 Å². The highest BCUT2D eigenvalue weighted by molar-refractivity contribution is 7.91. The van der Waals surface area contributed by atoms with Crippen LogP contribution in [0.3, 0.4) is 0 Å². The Morgan fingerprint density at radius 2 is 1.93 bits per heavy atom. The Labute approximate surface area is 322 Å². The molecular weight excluding hydrogens is 750 g/mol. The summed E-state index contributed by atoms with van der Waals surface area (Å²) in [5.41, 5.74) is 1.08. The van der Waals surface area contributed by atoms with E-state index in [2.05, 4.69) is 20.3 Å². The van der Waals surface area contributed by atoms with Crippen LogP contribution < -0.4 is 15.4 Å². The highest BCUT2D eigenvalue weighted by Gasteiger charge is 2.62. The summed E-state index contributed by atoms with van der Waals surface area (Å²) in [6.07, 6.45) is 10.1. The number of pyridine rings is 1. The molecule has 4 amide bonds. The third kappa shape index (κ3) is 7.81. The molecule has 290 valence electrons. The average molecular weight is 792 g/mol. The number of carbonyl (C=O) groups excluding carboxylic acids is 4. The van der Waals surface area contributed by atoms with Gasteiger partial charge in [0.25, 0.3) is 5.91 Å². The van der Waals surface area contributed by atoms with Crippen molar-refractivity contribution in [2.45, 2.75) is 99.9 Å². The third-order valence-electron chi connectivity index (χ3n) is 11.1. The molecule has 2 saturated carbocycles. The molecule has 17 heteroatoms. The first kappa shape index (κ1) is 37.0. The fourth-order valence-electron chi connectivity index (χ4n) is 7.71. The lowest BCUT2D eigenvalue weighted by Gasteiger charge is -2.29. The molecule has 55 heavy (non-hydrogen) atoms.